The van der Waals surface area contributed by atoms with Gasteiger partial charge in [0.15, 0.2) is 0 Å². The van der Waals surface area contributed by atoms with Gasteiger partial charge < -0.3 is 9.30 Å². The van der Waals surface area contributed by atoms with Gasteiger partial charge in [-0.2, -0.15) is 0 Å². The molecule has 0 radical (unpaired) electrons. The Morgan fingerprint density at radius 2 is 2.31 bits per heavy atom. The van der Waals surface area contributed by atoms with Crippen LogP contribution in [-0.4, -0.2) is 22.8 Å². The lowest BCUT2D eigenvalue weighted by molar-refractivity contribution is 0.0400. The molecule has 16 heavy (non-hydrogen) atoms. The minimum absolute atomic E-state index is 0.0532. The van der Waals surface area contributed by atoms with Crippen LogP contribution < -0.4 is 5.56 Å². The molecule has 1 saturated carbocycles. The number of hydrogen-bond acceptors (Lipinski definition) is 3. The fourth-order valence-electron chi connectivity index (χ4n) is 2.46. The molecule has 0 aromatic carbocycles. The Balaban J connectivity index is 2.06. The molecule has 0 N–H and O–H groups in total. The smallest absolute Gasteiger partial charge is 0.269 e. The van der Waals surface area contributed by atoms with Crippen molar-refractivity contribution in [3.63, 3.8) is 0 Å². The SMILES string of the molecule is COC(Cn1ccncc1=O)C1CCCC1. The van der Waals surface area contributed by atoms with Gasteiger partial charge >= 0.3 is 0 Å². The van der Waals surface area contributed by atoms with E-state index in [-0.39, 0.29) is 11.7 Å². The molecule has 4 heteroatoms. The first-order chi connectivity index (χ1) is 7.81. The molecule has 1 aromatic heterocycles. The van der Waals surface area contributed by atoms with Crippen molar-refractivity contribution >= 4 is 0 Å². The van der Waals surface area contributed by atoms with Gasteiger partial charge in [-0.05, 0) is 18.8 Å². The van der Waals surface area contributed by atoms with Crippen molar-refractivity contribution in [3.05, 3.63) is 28.9 Å². The highest BCUT2D eigenvalue weighted by molar-refractivity contribution is 4.83. The second-order valence-corrected chi connectivity index (χ2v) is 4.39. The van der Waals surface area contributed by atoms with E-state index in [2.05, 4.69) is 4.98 Å². The highest BCUT2D eigenvalue weighted by Crippen LogP contribution is 2.29. The average Bonchev–Trinajstić information content (AvgIpc) is 2.81. The first-order valence-electron chi connectivity index (χ1n) is 5.84. The molecule has 0 saturated heterocycles. The van der Waals surface area contributed by atoms with Crippen LogP contribution in [0.4, 0.5) is 0 Å². The quantitative estimate of drug-likeness (QED) is 0.774. The number of ether oxygens (including phenoxy) is 1. The maximum absolute atomic E-state index is 11.5. The maximum Gasteiger partial charge on any atom is 0.269 e. The van der Waals surface area contributed by atoms with E-state index in [1.54, 1.807) is 24.1 Å². The summed E-state index contributed by atoms with van der Waals surface area (Å²) in [4.78, 5) is 15.3. The van der Waals surface area contributed by atoms with Crippen molar-refractivity contribution in [3.8, 4) is 0 Å². The minimum Gasteiger partial charge on any atom is -0.379 e. The van der Waals surface area contributed by atoms with Crippen LogP contribution in [0.5, 0.6) is 0 Å². The number of rotatable bonds is 4. The van der Waals surface area contributed by atoms with E-state index in [1.165, 1.54) is 31.9 Å². The Morgan fingerprint density at radius 1 is 1.56 bits per heavy atom. The molecule has 0 spiro atoms. The summed E-state index contributed by atoms with van der Waals surface area (Å²) in [7, 11) is 1.73. The Labute approximate surface area is 95.3 Å². The molecule has 4 nitrogen and oxygen atoms in total. The summed E-state index contributed by atoms with van der Waals surface area (Å²) < 4.78 is 7.19. The summed E-state index contributed by atoms with van der Waals surface area (Å²) in [5.74, 6) is 0.602. The van der Waals surface area contributed by atoms with Gasteiger partial charge in [-0.15, -0.1) is 0 Å². The predicted molar refractivity (Wildman–Crippen MR) is 61.3 cm³/mol. The summed E-state index contributed by atoms with van der Waals surface area (Å²) >= 11 is 0. The van der Waals surface area contributed by atoms with E-state index in [0.717, 1.165) is 0 Å². The molecule has 88 valence electrons. The number of aromatic nitrogens is 2. The van der Waals surface area contributed by atoms with Crippen molar-refractivity contribution < 1.29 is 4.74 Å². The third kappa shape index (κ3) is 2.50. The van der Waals surface area contributed by atoms with Crippen LogP contribution in [0.3, 0.4) is 0 Å². The lowest BCUT2D eigenvalue weighted by atomic mass is 10.0. The van der Waals surface area contributed by atoms with Crippen LogP contribution in [0.1, 0.15) is 25.7 Å². The van der Waals surface area contributed by atoms with Gasteiger partial charge in [0.05, 0.1) is 18.8 Å². The molecule has 0 amide bonds. The fourth-order valence-corrected chi connectivity index (χ4v) is 2.46. The topological polar surface area (TPSA) is 44.1 Å². The van der Waals surface area contributed by atoms with Crippen molar-refractivity contribution in [2.75, 3.05) is 7.11 Å². The summed E-state index contributed by atoms with van der Waals surface area (Å²) in [6.07, 6.45) is 9.89. The Bertz CT molecular complexity index is 383. The van der Waals surface area contributed by atoms with Crippen LogP contribution in [-0.2, 0) is 11.3 Å². The maximum atomic E-state index is 11.5. The lowest BCUT2D eigenvalue weighted by Gasteiger charge is -2.22. The highest BCUT2D eigenvalue weighted by Gasteiger charge is 2.25. The largest absolute Gasteiger partial charge is 0.379 e. The molecule has 1 heterocycles. The molecule has 1 aromatic rings. The summed E-state index contributed by atoms with van der Waals surface area (Å²) in [6.45, 7) is 0.641. The zero-order chi connectivity index (χ0) is 11.4. The molecule has 0 bridgehead atoms. The molecule has 1 aliphatic carbocycles. The van der Waals surface area contributed by atoms with E-state index >= 15 is 0 Å². The van der Waals surface area contributed by atoms with Crippen molar-refractivity contribution in [1.29, 1.82) is 0 Å². The molecule has 0 aliphatic heterocycles. The van der Waals surface area contributed by atoms with E-state index in [0.29, 0.717) is 12.5 Å². The summed E-state index contributed by atoms with van der Waals surface area (Å²) in [5, 5.41) is 0. The van der Waals surface area contributed by atoms with Crippen molar-refractivity contribution in [2.45, 2.75) is 38.3 Å². The van der Waals surface area contributed by atoms with Crippen molar-refractivity contribution in [2.24, 2.45) is 5.92 Å². The predicted octanol–water partition coefficient (Wildman–Crippen LogP) is 1.45. The zero-order valence-corrected chi connectivity index (χ0v) is 9.63. The van der Waals surface area contributed by atoms with Crippen LogP contribution in [0.25, 0.3) is 0 Å². The molecule has 2 rings (SSSR count). The van der Waals surface area contributed by atoms with E-state index in [4.69, 9.17) is 4.74 Å². The number of methoxy groups -OCH3 is 1. The van der Waals surface area contributed by atoms with E-state index in [1.807, 2.05) is 0 Å². The molecular formula is C12H18N2O2. The Hall–Kier alpha value is -1.16. The first kappa shape index (κ1) is 11.3. The highest BCUT2D eigenvalue weighted by atomic mass is 16.5. The summed E-state index contributed by atoms with van der Waals surface area (Å²) in [5.41, 5.74) is -0.0532. The standard InChI is InChI=1S/C12H18N2O2/c1-16-11(10-4-2-3-5-10)9-14-7-6-13-8-12(14)15/h6-8,10-11H,2-5,9H2,1H3. The molecular weight excluding hydrogens is 204 g/mol. The van der Waals surface area contributed by atoms with Gasteiger partial charge in [-0.1, -0.05) is 12.8 Å². The number of nitrogens with zero attached hydrogens (tertiary/aromatic N) is 2. The average molecular weight is 222 g/mol. The third-order valence-electron chi connectivity index (χ3n) is 3.41. The Morgan fingerprint density at radius 3 is 2.94 bits per heavy atom. The van der Waals surface area contributed by atoms with E-state index < -0.39 is 0 Å². The van der Waals surface area contributed by atoms with Crippen LogP contribution >= 0.6 is 0 Å². The lowest BCUT2D eigenvalue weighted by Crippen LogP contribution is -2.31. The fraction of sp³-hybridized carbons (Fsp3) is 0.667. The van der Waals surface area contributed by atoms with Crippen molar-refractivity contribution in [1.82, 2.24) is 9.55 Å². The van der Waals surface area contributed by atoms with Gasteiger partial charge in [0.2, 0.25) is 0 Å². The zero-order valence-electron chi connectivity index (χ0n) is 9.63. The van der Waals surface area contributed by atoms with Gasteiger partial charge in [0.25, 0.3) is 5.56 Å². The van der Waals surface area contributed by atoms with E-state index in [9.17, 15) is 4.79 Å². The Kier molecular flexibility index (Phi) is 3.72. The summed E-state index contributed by atoms with van der Waals surface area (Å²) in [6, 6.07) is 0. The van der Waals surface area contributed by atoms with Gasteiger partial charge in [-0.3, -0.25) is 9.78 Å². The van der Waals surface area contributed by atoms with Crippen LogP contribution in [0.15, 0.2) is 23.4 Å². The molecule has 1 atom stereocenters. The first-order valence-corrected chi connectivity index (χ1v) is 5.84. The normalized spacial score (nSPS) is 18.8. The second kappa shape index (κ2) is 5.25. The van der Waals surface area contributed by atoms with Crippen LogP contribution in [0.2, 0.25) is 0 Å². The monoisotopic (exact) mass is 222 g/mol. The van der Waals surface area contributed by atoms with Crippen LogP contribution in [0, 0.1) is 5.92 Å². The second-order valence-electron chi connectivity index (χ2n) is 4.39. The minimum atomic E-state index is -0.0532. The third-order valence-corrected chi connectivity index (χ3v) is 3.41. The molecule has 1 unspecified atom stereocenters. The van der Waals surface area contributed by atoms with Gasteiger partial charge in [-0.25, -0.2) is 0 Å². The van der Waals surface area contributed by atoms with Gasteiger partial charge in [0.1, 0.15) is 0 Å². The van der Waals surface area contributed by atoms with Gasteiger partial charge in [0, 0.05) is 19.5 Å². The molecule has 1 aliphatic rings. The number of hydrogen-bond donors (Lipinski definition) is 0. The molecule has 1 fully saturated rings.